The molecule has 1 unspecified atom stereocenters. The number of carbonyl (C=O) groups excluding carboxylic acids is 2. The number of piperidine rings is 1. The number of hydrogen-bond acceptors (Lipinski definition) is 5. The van der Waals surface area contributed by atoms with Crippen molar-refractivity contribution in [3.63, 3.8) is 0 Å². The summed E-state index contributed by atoms with van der Waals surface area (Å²) in [6, 6.07) is 4.47. The van der Waals surface area contributed by atoms with E-state index in [-0.39, 0.29) is 11.8 Å². The number of piperazine rings is 1. The minimum atomic E-state index is 0.0454. The number of benzene rings is 1. The highest BCUT2D eigenvalue weighted by Crippen LogP contribution is 2.27. The number of halogens is 1. The molecule has 0 bridgehead atoms. The first kappa shape index (κ1) is 26.1. The lowest BCUT2D eigenvalue weighted by atomic mass is 9.98. The van der Waals surface area contributed by atoms with Crippen molar-refractivity contribution in [2.45, 2.75) is 65.0 Å². The van der Waals surface area contributed by atoms with Crippen LogP contribution in [0, 0.1) is 18.8 Å². The average molecular weight is 477 g/mol. The maximum atomic E-state index is 12.6. The van der Waals surface area contributed by atoms with Crippen LogP contribution in [-0.2, 0) is 16.1 Å². The molecule has 0 spiro atoms. The van der Waals surface area contributed by atoms with Gasteiger partial charge in [-0.2, -0.15) is 0 Å². The maximum absolute atomic E-state index is 12.6. The monoisotopic (exact) mass is 476 g/mol. The van der Waals surface area contributed by atoms with Crippen molar-refractivity contribution in [1.82, 2.24) is 15.1 Å². The molecule has 2 saturated heterocycles. The molecular formula is C26H41ClN4O2. The number of rotatable bonds is 5. The summed E-state index contributed by atoms with van der Waals surface area (Å²) in [6.07, 6.45) is 7.91. The van der Waals surface area contributed by atoms with Crippen LogP contribution in [0.1, 0.15) is 56.6 Å². The Morgan fingerprint density at radius 2 is 1.97 bits per heavy atom. The molecule has 2 atom stereocenters. The van der Waals surface area contributed by atoms with Crippen LogP contribution in [-0.4, -0.2) is 67.8 Å². The summed E-state index contributed by atoms with van der Waals surface area (Å²) in [4.78, 5) is 27.5. The van der Waals surface area contributed by atoms with Crippen molar-refractivity contribution >= 4 is 29.5 Å². The Kier molecular flexibility index (Phi) is 10.2. The molecule has 0 radical (unpaired) electrons. The second kappa shape index (κ2) is 12.8. The summed E-state index contributed by atoms with van der Waals surface area (Å²) in [5, 5.41) is 7.11. The molecule has 2 heterocycles. The van der Waals surface area contributed by atoms with E-state index in [9.17, 15) is 9.59 Å². The van der Waals surface area contributed by atoms with Crippen LogP contribution in [0.5, 0.6) is 0 Å². The van der Waals surface area contributed by atoms with Gasteiger partial charge in [-0.15, -0.1) is 0 Å². The Morgan fingerprint density at radius 3 is 2.58 bits per heavy atom. The van der Waals surface area contributed by atoms with Gasteiger partial charge in [0.15, 0.2) is 0 Å². The number of carbonyl (C=O) groups is 2. The first-order valence-electron chi connectivity index (χ1n) is 12.6. The van der Waals surface area contributed by atoms with Gasteiger partial charge in [-0.1, -0.05) is 24.4 Å². The molecule has 7 heteroatoms. The van der Waals surface area contributed by atoms with Crippen molar-refractivity contribution < 1.29 is 9.59 Å². The molecule has 1 aromatic carbocycles. The maximum Gasteiger partial charge on any atom is 0.228 e. The summed E-state index contributed by atoms with van der Waals surface area (Å²) in [5.74, 6) is 0.561. The molecule has 3 aliphatic rings. The van der Waals surface area contributed by atoms with Gasteiger partial charge < -0.3 is 20.3 Å². The van der Waals surface area contributed by atoms with E-state index < -0.39 is 0 Å². The fourth-order valence-electron chi connectivity index (χ4n) is 4.94. The van der Waals surface area contributed by atoms with Crippen LogP contribution in [0.15, 0.2) is 12.1 Å². The number of likely N-dealkylation sites (N-methyl/N-ethyl adjacent to an activating group) is 1. The van der Waals surface area contributed by atoms with E-state index in [1.165, 1.54) is 18.4 Å². The van der Waals surface area contributed by atoms with Gasteiger partial charge >= 0.3 is 0 Å². The van der Waals surface area contributed by atoms with Crippen molar-refractivity contribution in [2.75, 3.05) is 45.1 Å². The van der Waals surface area contributed by atoms with Crippen molar-refractivity contribution in [3.05, 3.63) is 28.3 Å². The Morgan fingerprint density at radius 1 is 1.21 bits per heavy atom. The molecule has 4 rings (SSSR count). The highest BCUT2D eigenvalue weighted by Gasteiger charge is 2.24. The lowest BCUT2D eigenvalue weighted by Gasteiger charge is -2.38. The molecule has 2 N–H and O–H groups in total. The summed E-state index contributed by atoms with van der Waals surface area (Å²) < 4.78 is 0. The lowest BCUT2D eigenvalue weighted by Crippen LogP contribution is -2.49. The third-order valence-electron chi connectivity index (χ3n) is 7.44. The summed E-state index contributed by atoms with van der Waals surface area (Å²) in [7, 11) is 2.18. The quantitative estimate of drug-likeness (QED) is 0.626. The molecule has 1 saturated carbocycles. The molecule has 6 nitrogen and oxygen atoms in total. The third-order valence-corrected chi connectivity index (χ3v) is 7.65. The third kappa shape index (κ3) is 7.78. The number of anilines is 1. The molecule has 1 aliphatic carbocycles. The SMILES string of the molecule is Cc1c(CN2CCN(C)[C@@H](C)C2)cc(Cl)cc1NC(=O)C1CCCNC1.O=CC1CCCC1. The van der Waals surface area contributed by atoms with Crippen LogP contribution in [0.2, 0.25) is 5.02 Å². The van der Waals surface area contributed by atoms with E-state index in [1.54, 1.807) is 0 Å². The van der Waals surface area contributed by atoms with Crippen LogP contribution in [0.3, 0.4) is 0 Å². The van der Waals surface area contributed by atoms with E-state index in [1.807, 2.05) is 12.1 Å². The van der Waals surface area contributed by atoms with Gasteiger partial charge in [-0.05, 0) is 76.4 Å². The standard InChI is InChI=1S/C20H31ClN4O.C6H10O/c1-14-12-25(8-7-24(14)3)13-17-9-18(21)10-19(15(17)2)23-20(26)16-5-4-6-22-11-16;7-5-6-3-1-2-4-6/h9-10,14,16,22H,4-8,11-13H2,1-3H3,(H,23,26);5-6H,1-4H2/t14-,16?;/m0./s1. The van der Waals surface area contributed by atoms with E-state index in [0.29, 0.717) is 17.0 Å². The van der Waals surface area contributed by atoms with Crippen LogP contribution < -0.4 is 10.6 Å². The second-order valence-electron chi connectivity index (χ2n) is 10.0. The Balaban J connectivity index is 0.000000374. The average Bonchev–Trinajstić information content (AvgIpc) is 3.34. The molecule has 0 aromatic heterocycles. The first-order valence-corrected chi connectivity index (χ1v) is 12.9. The Bertz CT molecular complexity index is 791. The van der Waals surface area contributed by atoms with Crippen LogP contribution in [0.25, 0.3) is 0 Å². The van der Waals surface area contributed by atoms with Gasteiger partial charge in [0, 0.05) is 55.4 Å². The van der Waals surface area contributed by atoms with E-state index in [4.69, 9.17) is 11.6 Å². The van der Waals surface area contributed by atoms with Gasteiger partial charge in [-0.3, -0.25) is 9.69 Å². The molecule has 1 amide bonds. The zero-order valence-electron chi connectivity index (χ0n) is 20.5. The number of nitrogens with one attached hydrogen (secondary N) is 2. The zero-order chi connectivity index (χ0) is 23.8. The number of nitrogens with zero attached hydrogens (tertiary/aromatic N) is 2. The molecule has 33 heavy (non-hydrogen) atoms. The minimum absolute atomic E-state index is 0.0454. The predicted octanol–water partition coefficient (Wildman–Crippen LogP) is 4.10. The lowest BCUT2D eigenvalue weighted by molar-refractivity contribution is -0.120. The normalized spacial score (nSPS) is 24.7. The largest absolute Gasteiger partial charge is 0.326 e. The van der Waals surface area contributed by atoms with Crippen LogP contribution >= 0.6 is 11.6 Å². The van der Waals surface area contributed by atoms with E-state index >= 15 is 0 Å². The summed E-state index contributed by atoms with van der Waals surface area (Å²) in [5.41, 5.74) is 3.18. The topological polar surface area (TPSA) is 64.7 Å². The highest BCUT2D eigenvalue weighted by molar-refractivity contribution is 6.31. The number of amides is 1. The van der Waals surface area contributed by atoms with Gasteiger partial charge in [-0.25, -0.2) is 0 Å². The molecule has 2 aliphatic heterocycles. The number of aldehydes is 1. The van der Waals surface area contributed by atoms with Crippen molar-refractivity contribution in [1.29, 1.82) is 0 Å². The number of hydrogen-bond donors (Lipinski definition) is 2. The fraction of sp³-hybridized carbons (Fsp3) is 0.692. The van der Waals surface area contributed by atoms with Crippen molar-refractivity contribution in [2.24, 2.45) is 11.8 Å². The van der Waals surface area contributed by atoms with Gasteiger partial charge in [0.25, 0.3) is 0 Å². The second-order valence-corrected chi connectivity index (χ2v) is 10.5. The Labute approximate surface area is 204 Å². The first-order chi connectivity index (χ1) is 15.9. The van der Waals surface area contributed by atoms with Crippen molar-refractivity contribution in [3.8, 4) is 0 Å². The zero-order valence-corrected chi connectivity index (χ0v) is 21.3. The Hall–Kier alpha value is -1.47. The van der Waals surface area contributed by atoms with Gasteiger partial charge in [0.2, 0.25) is 5.91 Å². The molecular weight excluding hydrogens is 436 g/mol. The van der Waals surface area contributed by atoms with Crippen LogP contribution in [0.4, 0.5) is 5.69 Å². The molecule has 1 aromatic rings. The molecule has 184 valence electrons. The van der Waals surface area contributed by atoms with Gasteiger partial charge in [0.1, 0.15) is 6.29 Å². The van der Waals surface area contributed by atoms with E-state index in [2.05, 4.69) is 41.3 Å². The van der Waals surface area contributed by atoms with Gasteiger partial charge in [0.05, 0.1) is 5.92 Å². The van der Waals surface area contributed by atoms with E-state index in [0.717, 1.165) is 82.5 Å². The summed E-state index contributed by atoms with van der Waals surface area (Å²) >= 11 is 6.37. The highest BCUT2D eigenvalue weighted by atomic mass is 35.5. The fourth-order valence-corrected chi connectivity index (χ4v) is 5.18. The minimum Gasteiger partial charge on any atom is -0.326 e. The summed E-state index contributed by atoms with van der Waals surface area (Å²) in [6.45, 7) is 10.2. The smallest absolute Gasteiger partial charge is 0.228 e. The molecule has 3 fully saturated rings. The predicted molar refractivity (Wildman–Crippen MR) is 136 cm³/mol.